The summed E-state index contributed by atoms with van der Waals surface area (Å²) in [7, 11) is 0. The first-order valence-electron chi connectivity index (χ1n) is 8.11. The Morgan fingerprint density at radius 2 is 1.89 bits per heavy atom. The van der Waals surface area contributed by atoms with Crippen molar-refractivity contribution in [3.8, 4) is 5.69 Å². The second kappa shape index (κ2) is 7.59. The summed E-state index contributed by atoms with van der Waals surface area (Å²) in [6, 6.07) is 15.6. The zero-order valence-electron chi connectivity index (χ0n) is 14.2. The Labute approximate surface area is 173 Å². The molecule has 0 amide bonds. The lowest BCUT2D eigenvalue weighted by molar-refractivity contribution is 0.943. The van der Waals surface area contributed by atoms with Crippen molar-refractivity contribution in [3.05, 3.63) is 79.0 Å². The topological polar surface area (TPSA) is 50.7 Å². The highest BCUT2D eigenvalue weighted by Gasteiger charge is 2.14. The van der Waals surface area contributed by atoms with E-state index in [0.29, 0.717) is 30.2 Å². The third-order valence-corrected chi connectivity index (χ3v) is 6.56. The van der Waals surface area contributed by atoms with Gasteiger partial charge in [-0.3, -0.25) is 9.36 Å². The van der Waals surface area contributed by atoms with E-state index in [1.54, 1.807) is 0 Å². The van der Waals surface area contributed by atoms with Gasteiger partial charge in [-0.25, -0.2) is 4.98 Å². The van der Waals surface area contributed by atoms with Crippen molar-refractivity contribution in [2.45, 2.75) is 17.8 Å². The molecule has 2 aromatic carbocycles. The fraction of sp³-hybridized carbons (Fsp3) is 0.105. The lowest BCUT2D eigenvalue weighted by Crippen LogP contribution is -2.09. The normalized spacial score (nSPS) is 11.2. The average molecular weight is 432 g/mol. The molecule has 0 fully saturated rings. The fourth-order valence-electron chi connectivity index (χ4n) is 2.62. The number of hydrogen-bond acceptors (Lipinski definition) is 5. The quantitative estimate of drug-likeness (QED) is 0.253. The van der Waals surface area contributed by atoms with E-state index in [0.717, 1.165) is 16.8 Å². The number of nitrogens with zero attached hydrogens (tertiary/aromatic N) is 2. The Balaban J connectivity index is 1.74. The standard InChI is InChI=1S/C19H14ClN3OS3/c1-11-2-8-14(9-3-11)23-16-15(27-19(23)25)17(24)22-18(21-16)26-10-12-4-6-13(20)7-5-12/h2-9H,10H2,1H3,(H,21,22,24). The lowest BCUT2D eigenvalue weighted by atomic mass is 10.2. The molecular formula is C19H14ClN3OS3. The molecule has 1 N–H and O–H groups in total. The van der Waals surface area contributed by atoms with Gasteiger partial charge in [0.2, 0.25) is 0 Å². The van der Waals surface area contributed by atoms with Crippen LogP contribution in [0.2, 0.25) is 5.02 Å². The summed E-state index contributed by atoms with van der Waals surface area (Å²) in [6.07, 6.45) is 0. The van der Waals surface area contributed by atoms with Gasteiger partial charge in [0, 0.05) is 16.5 Å². The highest BCUT2D eigenvalue weighted by atomic mass is 35.5. The van der Waals surface area contributed by atoms with Crippen LogP contribution in [0.5, 0.6) is 0 Å². The summed E-state index contributed by atoms with van der Waals surface area (Å²) in [5.41, 5.74) is 3.60. The van der Waals surface area contributed by atoms with Crippen molar-refractivity contribution in [3.63, 3.8) is 0 Å². The van der Waals surface area contributed by atoms with Crippen molar-refractivity contribution in [2.75, 3.05) is 0 Å². The van der Waals surface area contributed by atoms with E-state index in [4.69, 9.17) is 23.8 Å². The maximum absolute atomic E-state index is 12.5. The van der Waals surface area contributed by atoms with Gasteiger partial charge in [0.25, 0.3) is 5.56 Å². The molecule has 4 rings (SSSR count). The van der Waals surface area contributed by atoms with E-state index in [1.165, 1.54) is 23.1 Å². The molecule has 0 saturated carbocycles. The van der Waals surface area contributed by atoms with Crippen LogP contribution in [0, 0.1) is 10.9 Å². The smallest absolute Gasteiger partial charge is 0.271 e. The number of aryl methyl sites for hydroxylation is 1. The van der Waals surface area contributed by atoms with Gasteiger partial charge in [-0.05, 0) is 49.0 Å². The van der Waals surface area contributed by atoms with Gasteiger partial charge in [0.05, 0.1) is 0 Å². The molecule has 4 aromatic rings. The van der Waals surface area contributed by atoms with Gasteiger partial charge in [0.1, 0.15) is 4.70 Å². The molecule has 0 aliphatic rings. The highest BCUT2D eigenvalue weighted by molar-refractivity contribution is 7.98. The molecule has 0 aliphatic carbocycles. The van der Waals surface area contributed by atoms with Crippen LogP contribution in [-0.2, 0) is 5.75 Å². The van der Waals surface area contributed by atoms with E-state index >= 15 is 0 Å². The van der Waals surface area contributed by atoms with Gasteiger partial charge in [0.15, 0.2) is 14.8 Å². The number of hydrogen-bond donors (Lipinski definition) is 1. The number of rotatable bonds is 4. The van der Waals surface area contributed by atoms with Crippen molar-refractivity contribution in [2.24, 2.45) is 0 Å². The van der Waals surface area contributed by atoms with Crippen LogP contribution >= 0.6 is 46.9 Å². The molecule has 8 heteroatoms. The Kier molecular flexibility index (Phi) is 5.19. The van der Waals surface area contributed by atoms with Crippen LogP contribution in [0.25, 0.3) is 16.0 Å². The van der Waals surface area contributed by atoms with Crippen molar-refractivity contribution in [1.29, 1.82) is 0 Å². The molecule has 27 heavy (non-hydrogen) atoms. The van der Waals surface area contributed by atoms with Crippen molar-refractivity contribution in [1.82, 2.24) is 14.5 Å². The fourth-order valence-corrected chi connectivity index (χ4v) is 4.82. The number of aromatic nitrogens is 3. The maximum Gasteiger partial charge on any atom is 0.271 e. The summed E-state index contributed by atoms with van der Waals surface area (Å²) >= 11 is 14.2. The molecule has 0 spiro atoms. The summed E-state index contributed by atoms with van der Waals surface area (Å²) in [5, 5.41) is 1.27. The zero-order valence-corrected chi connectivity index (χ0v) is 17.4. The second-order valence-corrected chi connectivity index (χ2v) is 9.02. The molecule has 2 aromatic heterocycles. The Morgan fingerprint density at radius 3 is 2.59 bits per heavy atom. The molecule has 136 valence electrons. The molecule has 0 atom stereocenters. The minimum Gasteiger partial charge on any atom is -0.300 e. The van der Waals surface area contributed by atoms with Gasteiger partial charge in [-0.1, -0.05) is 64.5 Å². The van der Waals surface area contributed by atoms with E-state index in [9.17, 15) is 4.79 Å². The number of aromatic amines is 1. The Bertz CT molecular complexity index is 1220. The highest BCUT2D eigenvalue weighted by Crippen LogP contribution is 2.26. The maximum atomic E-state index is 12.5. The molecule has 2 heterocycles. The van der Waals surface area contributed by atoms with Crippen LogP contribution < -0.4 is 5.56 Å². The van der Waals surface area contributed by atoms with Crippen LogP contribution in [0.3, 0.4) is 0 Å². The molecule has 0 bridgehead atoms. The lowest BCUT2D eigenvalue weighted by Gasteiger charge is -2.06. The first-order valence-corrected chi connectivity index (χ1v) is 10.7. The number of H-pyrrole nitrogens is 1. The minimum atomic E-state index is -0.166. The SMILES string of the molecule is Cc1ccc(-n2c(=S)sc3c(=O)[nH]c(SCc4ccc(Cl)cc4)nc32)cc1. The van der Waals surface area contributed by atoms with E-state index in [-0.39, 0.29) is 5.56 Å². The molecule has 0 saturated heterocycles. The van der Waals surface area contributed by atoms with Gasteiger partial charge in [-0.2, -0.15) is 0 Å². The summed E-state index contributed by atoms with van der Waals surface area (Å²) in [6.45, 7) is 2.03. The Hall–Kier alpha value is -1.93. The number of benzene rings is 2. The number of halogens is 1. The van der Waals surface area contributed by atoms with Gasteiger partial charge >= 0.3 is 0 Å². The minimum absolute atomic E-state index is 0.166. The number of thiazole rings is 1. The first kappa shape index (κ1) is 18.4. The Morgan fingerprint density at radius 1 is 1.19 bits per heavy atom. The summed E-state index contributed by atoms with van der Waals surface area (Å²) in [5.74, 6) is 0.682. The second-order valence-electron chi connectivity index (χ2n) is 5.98. The van der Waals surface area contributed by atoms with Crippen molar-refractivity contribution >= 4 is 57.3 Å². The predicted octanol–water partition coefficient (Wildman–Crippen LogP) is 5.76. The zero-order chi connectivity index (χ0) is 19.0. The molecule has 0 unspecified atom stereocenters. The number of thioether (sulfide) groups is 1. The number of nitrogens with one attached hydrogen (secondary N) is 1. The van der Waals surface area contributed by atoms with Crippen LogP contribution in [0.15, 0.2) is 58.5 Å². The molecular weight excluding hydrogens is 418 g/mol. The molecule has 0 aliphatic heterocycles. The van der Waals surface area contributed by atoms with Crippen LogP contribution in [-0.4, -0.2) is 14.5 Å². The monoisotopic (exact) mass is 431 g/mol. The van der Waals surface area contributed by atoms with Crippen molar-refractivity contribution < 1.29 is 0 Å². The molecule has 4 nitrogen and oxygen atoms in total. The van der Waals surface area contributed by atoms with E-state index < -0.39 is 0 Å². The largest absolute Gasteiger partial charge is 0.300 e. The van der Waals surface area contributed by atoms with E-state index in [2.05, 4.69) is 9.97 Å². The third kappa shape index (κ3) is 3.87. The van der Waals surface area contributed by atoms with Gasteiger partial charge in [-0.15, -0.1) is 0 Å². The van der Waals surface area contributed by atoms with E-state index in [1.807, 2.05) is 60.0 Å². The third-order valence-electron chi connectivity index (χ3n) is 4.00. The first-order chi connectivity index (χ1) is 13.0. The van der Waals surface area contributed by atoms with Crippen LogP contribution in [0.4, 0.5) is 0 Å². The molecule has 0 radical (unpaired) electrons. The van der Waals surface area contributed by atoms with Crippen LogP contribution in [0.1, 0.15) is 11.1 Å². The number of fused-ring (bicyclic) bond motifs is 1. The van der Waals surface area contributed by atoms with Gasteiger partial charge < -0.3 is 4.98 Å². The average Bonchev–Trinajstić information content (AvgIpc) is 2.99. The summed E-state index contributed by atoms with van der Waals surface area (Å²) < 4.78 is 3.00. The summed E-state index contributed by atoms with van der Waals surface area (Å²) in [4.78, 5) is 20.1. The predicted molar refractivity (Wildman–Crippen MR) is 116 cm³/mol.